The van der Waals surface area contributed by atoms with Gasteiger partial charge in [-0.1, -0.05) is 42.5 Å². The number of benzene rings is 2. The lowest BCUT2D eigenvalue weighted by molar-refractivity contribution is -0.137. The van der Waals surface area contributed by atoms with Crippen molar-refractivity contribution >= 4 is 29.9 Å². The lowest BCUT2D eigenvalue weighted by atomic mass is 10.0. The van der Waals surface area contributed by atoms with Gasteiger partial charge in [-0.25, -0.2) is 0 Å². The van der Waals surface area contributed by atoms with Crippen LogP contribution in [0.1, 0.15) is 45.1 Å². The van der Waals surface area contributed by atoms with Crippen LogP contribution in [0.5, 0.6) is 0 Å². The van der Waals surface area contributed by atoms with E-state index in [2.05, 4.69) is 10.2 Å². The largest absolute Gasteiger partial charge is 0.481 e. The molecule has 1 aliphatic heterocycles. The Bertz CT molecular complexity index is 1240. The van der Waals surface area contributed by atoms with Gasteiger partial charge in [0.2, 0.25) is 0 Å². The first kappa shape index (κ1) is 21.0. The number of hydrogen-bond donors (Lipinski definition) is 3. The Morgan fingerprint density at radius 3 is 2.53 bits per heavy atom. The van der Waals surface area contributed by atoms with E-state index in [1.165, 1.54) is 4.90 Å². The molecule has 2 aromatic carbocycles. The summed E-state index contributed by atoms with van der Waals surface area (Å²) in [7, 11) is 0. The van der Waals surface area contributed by atoms with Crippen LogP contribution < -0.4 is 5.73 Å². The van der Waals surface area contributed by atoms with Gasteiger partial charge in [0.05, 0.1) is 24.2 Å². The van der Waals surface area contributed by atoms with E-state index in [0.717, 1.165) is 11.1 Å². The molecule has 0 bridgehead atoms. The van der Waals surface area contributed by atoms with E-state index in [9.17, 15) is 9.59 Å². The number of carboxylic acids is 1. The van der Waals surface area contributed by atoms with Crippen LogP contribution in [0.15, 0.2) is 42.5 Å². The van der Waals surface area contributed by atoms with Crippen molar-refractivity contribution in [1.29, 1.82) is 5.41 Å². The summed E-state index contributed by atoms with van der Waals surface area (Å²) in [6.45, 7) is 2.09. The average Bonchev–Trinajstić information content (AvgIpc) is 3.08. The Labute approximate surface area is 184 Å². The molecule has 32 heavy (non-hydrogen) atoms. The second-order valence-electron chi connectivity index (χ2n) is 7.51. The molecule has 0 atom stereocenters. The summed E-state index contributed by atoms with van der Waals surface area (Å²) in [5, 5.41) is 24.8. The lowest BCUT2D eigenvalue weighted by Gasteiger charge is -2.19. The molecule has 0 saturated carbocycles. The lowest BCUT2D eigenvalue weighted by Crippen LogP contribution is -2.32. The van der Waals surface area contributed by atoms with Crippen molar-refractivity contribution in [2.75, 3.05) is 6.54 Å². The standard InChI is InChI=1S/C23H22N6O3/c1-14-26-27-20-13-28(11-10-21(30)31)23(32)18-12-16(6-9-19(18)29(14)20)3-2-15-4-7-17(8-5-15)22(24)25/h2-9,12H,10-11,13H2,1H3,(H3,24,25)(H,30,31)/b3-2+. The zero-order valence-electron chi connectivity index (χ0n) is 17.4. The Morgan fingerprint density at radius 1 is 1.16 bits per heavy atom. The molecular formula is C23H22N6O3. The molecule has 9 nitrogen and oxygen atoms in total. The number of nitrogen functional groups attached to an aromatic ring is 1. The Hall–Kier alpha value is -4.27. The monoisotopic (exact) mass is 430 g/mol. The van der Waals surface area contributed by atoms with E-state index in [-0.39, 0.29) is 31.3 Å². The minimum Gasteiger partial charge on any atom is -0.481 e. The molecular weight excluding hydrogens is 408 g/mol. The number of aliphatic carboxylic acids is 1. The predicted octanol–water partition coefficient (Wildman–Crippen LogP) is 2.46. The van der Waals surface area contributed by atoms with Crippen molar-refractivity contribution in [2.24, 2.45) is 5.73 Å². The van der Waals surface area contributed by atoms with E-state index in [1.807, 2.05) is 47.9 Å². The van der Waals surface area contributed by atoms with Gasteiger partial charge in [-0.2, -0.15) is 0 Å². The summed E-state index contributed by atoms with van der Waals surface area (Å²) in [4.78, 5) is 25.8. The van der Waals surface area contributed by atoms with Gasteiger partial charge >= 0.3 is 5.97 Å². The van der Waals surface area contributed by atoms with Gasteiger partial charge in [0.15, 0.2) is 5.82 Å². The Morgan fingerprint density at radius 2 is 1.84 bits per heavy atom. The van der Waals surface area contributed by atoms with Crippen LogP contribution >= 0.6 is 0 Å². The second kappa shape index (κ2) is 8.46. The zero-order chi connectivity index (χ0) is 22.8. The molecule has 3 aromatic rings. The Kier molecular flexibility index (Phi) is 5.55. The molecule has 0 fully saturated rings. The molecule has 1 amide bonds. The summed E-state index contributed by atoms with van der Waals surface area (Å²) in [5.41, 5.74) is 9.03. The van der Waals surface area contributed by atoms with Gasteiger partial charge in [-0.05, 0) is 30.2 Å². The van der Waals surface area contributed by atoms with E-state index >= 15 is 0 Å². The fourth-order valence-electron chi connectivity index (χ4n) is 3.64. The minimum absolute atomic E-state index is 0.0147. The zero-order valence-corrected chi connectivity index (χ0v) is 17.4. The summed E-state index contributed by atoms with van der Waals surface area (Å²) in [6, 6.07) is 12.8. The molecule has 0 spiro atoms. The molecule has 2 heterocycles. The normalized spacial score (nSPS) is 13.0. The van der Waals surface area contributed by atoms with Crippen LogP contribution in [-0.2, 0) is 11.3 Å². The number of carboxylic acid groups (broad SMARTS) is 1. The number of amides is 1. The minimum atomic E-state index is -0.965. The highest BCUT2D eigenvalue weighted by molar-refractivity contribution is 5.99. The number of aromatic nitrogens is 3. The molecule has 0 aliphatic carbocycles. The molecule has 0 radical (unpaired) electrons. The third-order valence-electron chi connectivity index (χ3n) is 5.29. The number of hydrogen-bond acceptors (Lipinski definition) is 5. The molecule has 1 aliphatic rings. The second-order valence-corrected chi connectivity index (χ2v) is 7.51. The number of carbonyl (C=O) groups excluding carboxylic acids is 1. The molecule has 1 aromatic heterocycles. The Balaban J connectivity index is 1.69. The third kappa shape index (κ3) is 4.13. The maximum atomic E-state index is 13.3. The average molecular weight is 430 g/mol. The third-order valence-corrected chi connectivity index (χ3v) is 5.29. The van der Waals surface area contributed by atoms with E-state index in [1.54, 1.807) is 18.2 Å². The first-order valence-corrected chi connectivity index (χ1v) is 10.0. The number of rotatable bonds is 6. The number of fused-ring (bicyclic) bond motifs is 3. The van der Waals surface area contributed by atoms with Gasteiger partial charge in [-0.3, -0.25) is 19.6 Å². The van der Waals surface area contributed by atoms with Crippen molar-refractivity contribution in [1.82, 2.24) is 19.7 Å². The predicted molar refractivity (Wildman–Crippen MR) is 119 cm³/mol. The van der Waals surface area contributed by atoms with Crippen molar-refractivity contribution in [2.45, 2.75) is 19.9 Å². The fourth-order valence-corrected chi connectivity index (χ4v) is 3.64. The van der Waals surface area contributed by atoms with Gasteiger partial charge in [0.25, 0.3) is 5.91 Å². The molecule has 4 N–H and O–H groups in total. The number of carbonyl (C=O) groups is 2. The van der Waals surface area contributed by atoms with E-state index < -0.39 is 5.97 Å². The first-order valence-electron chi connectivity index (χ1n) is 10.0. The summed E-state index contributed by atoms with van der Waals surface area (Å²) >= 11 is 0. The number of nitrogens with two attached hydrogens (primary N) is 1. The van der Waals surface area contributed by atoms with Crippen LogP contribution in [0.2, 0.25) is 0 Å². The quantitative estimate of drug-likeness (QED) is 0.312. The highest BCUT2D eigenvalue weighted by Crippen LogP contribution is 2.27. The summed E-state index contributed by atoms with van der Waals surface area (Å²) in [5.74, 6) is 0.0531. The molecule has 162 valence electrons. The maximum absolute atomic E-state index is 13.3. The first-order chi connectivity index (χ1) is 15.3. The van der Waals surface area contributed by atoms with Crippen LogP contribution in [0.3, 0.4) is 0 Å². The van der Waals surface area contributed by atoms with Gasteiger partial charge in [0, 0.05) is 12.1 Å². The van der Waals surface area contributed by atoms with Crippen molar-refractivity contribution < 1.29 is 14.7 Å². The van der Waals surface area contributed by atoms with Crippen molar-refractivity contribution in [3.8, 4) is 5.69 Å². The number of nitrogens with one attached hydrogen (secondary N) is 1. The molecule has 9 heteroatoms. The number of nitrogens with zero attached hydrogens (tertiary/aromatic N) is 4. The van der Waals surface area contributed by atoms with E-state index in [4.69, 9.17) is 16.2 Å². The highest BCUT2D eigenvalue weighted by atomic mass is 16.4. The molecule has 0 saturated heterocycles. The van der Waals surface area contributed by atoms with Gasteiger partial charge in [-0.15, -0.1) is 10.2 Å². The van der Waals surface area contributed by atoms with Gasteiger partial charge in [0.1, 0.15) is 11.7 Å². The summed E-state index contributed by atoms with van der Waals surface area (Å²) < 4.78 is 1.84. The van der Waals surface area contributed by atoms with E-state index in [0.29, 0.717) is 28.5 Å². The SMILES string of the molecule is Cc1nnc2n1-c1ccc(/C=C/c3ccc(C(=N)N)cc3)cc1C(=O)N(CCC(=O)O)C2. The van der Waals surface area contributed by atoms with Crippen molar-refractivity contribution in [3.05, 3.63) is 76.4 Å². The summed E-state index contributed by atoms with van der Waals surface area (Å²) in [6.07, 6.45) is 3.65. The van der Waals surface area contributed by atoms with Crippen LogP contribution in [-0.4, -0.2) is 49.0 Å². The van der Waals surface area contributed by atoms with Crippen LogP contribution in [0.4, 0.5) is 0 Å². The van der Waals surface area contributed by atoms with Crippen LogP contribution in [0, 0.1) is 12.3 Å². The number of amidine groups is 1. The topological polar surface area (TPSA) is 138 Å². The van der Waals surface area contributed by atoms with Gasteiger partial charge < -0.3 is 15.7 Å². The smallest absolute Gasteiger partial charge is 0.305 e. The van der Waals surface area contributed by atoms with Crippen LogP contribution in [0.25, 0.3) is 17.8 Å². The fraction of sp³-hybridized carbons (Fsp3) is 0.174. The molecule has 4 rings (SSSR count). The number of aryl methyl sites for hydroxylation is 1. The molecule has 0 unspecified atom stereocenters. The highest BCUT2D eigenvalue weighted by Gasteiger charge is 2.28. The maximum Gasteiger partial charge on any atom is 0.305 e. The van der Waals surface area contributed by atoms with Crippen molar-refractivity contribution in [3.63, 3.8) is 0 Å².